The zero-order chi connectivity index (χ0) is 22.0. The number of benzene rings is 1. The second kappa shape index (κ2) is 9.14. The predicted molar refractivity (Wildman–Crippen MR) is 118 cm³/mol. The Morgan fingerprint density at radius 3 is 2.71 bits per heavy atom. The lowest BCUT2D eigenvalue weighted by molar-refractivity contribution is -0.136. The first kappa shape index (κ1) is 21.4. The molecule has 2 aromatic rings. The normalized spacial score (nSPS) is 18.6. The largest absolute Gasteiger partial charge is 0.369 e. The highest BCUT2D eigenvalue weighted by Crippen LogP contribution is 2.33. The summed E-state index contributed by atoms with van der Waals surface area (Å²) in [7, 11) is 0. The monoisotopic (exact) mass is 422 g/mol. The van der Waals surface area contributed by atoms with Gasteiger partial charge in [0.05, 0.1) is 12.6 Å². The number of hydrogen-bond acceptors (Lipinski definition) is 5. The van der Waals surface area contributed by atoms with Crippen LogP contribution in [0, 0.1) is 6.92 Å². The van der Waals surface area contributed by atoms with Crippen molar-refractivity contribution in [2.75, 3.05) is 24.6 Å². The van der Waals surface area contributed by atoms with Gasteiger partial charge in [0.15, 0.2) is 0 Å². The molecule has 1 fully saturated rings. The molecule has 2 amide bonds. The molecular formula is C24H30N4O3. The van der Waals surface area contributed by atoms with E-state index in [2.05, 4.69) is 0 Å². The molecule has 0 spiro atoms. The molecule has 2 aliphatic rings. The van der Waals surface area contributed by atoms with Gasteiger partial charge in [-0.2, -0.15) is 0 Å². The molecule has 1 aromatic heterocycles. The SMILES string of the molecule is Cc1nc([C@@H]2CCN(C(=O)COC(C)C)C2)nc2c1CCC(=O)N2Cc1ccccc1. The molecule has 7 nitrogen and oxygen atoms in total. The minimum absolute atomic E-state index is 0.00626. The number of likely N-dealkylation sites (tertiary alicyclic amines) is 1. The molecule has 1 saturated heterocycles. The van der Waals surface area contributed by atoms with Gasteiger partial charge in [0.2, 0.25) is 11.8 Å². The number of aromatic nitrogens is 2. The Morgan fingerprint density at radius 2 is 1.97 bits per heavy atom. The van der Waals surface area contributed by atoms with E-state index in [9.17, 15) is 9.59 Å². The van der Waals surface area contributed by atoms with Crippen molar-refractivity contribution in [1.82, 2.24) is 14.9 Å². The second-order valence-electron chi connectivity index (χ2n) is 8.62. The lowest BCUT2D eigenvalue weighted by Gasteiger charge is -2.30. The van der Waals surface area contributed by atoms with Crippen LogP contribution in [-0.4, -0.2) is 52.5 Å². The third-order valence-electron chi connectivity index (χ3n) is 5.98. The smallest absolute Gasteiger partial charge is 0.248 e. The molecule has 0 unspecified atom stereocenters. The topological polar surface area (TPSA) is 75.6 Å². The number of carbonyl (C=O) groups is 2. The molecule has 0 saturated carbocycles. The summed E-state index contributed by atoms with van der Waals surface area (Å²) in [6, 6.07) is 9.98. The van der Waals surface area contributed by atoms with E-state index in [0.29, 0.717) is 32.5 Å². The molecule has 164 valence electrons. The van der Waals surface area contributed by atoms with Crippen molar-refractivity contribution in [2.45, 2.75) is 58.6 Å². The Bertz CT molecular complexity index is 961. The van der Waals surface area contributed by atoms with Crippen molar-refractivity contribution in [2.24, 2.45) is 0 Å². The lowest BCUT2D eigenvalue weighted by Crippen LogP contribution is -2.36. The van der Waals surface area contributed by atoms with E-state index in [1.54, 1.807) is 4.90 Å². The molecule has 7 heteroatoms. The molecule has 1 atom stereocenters. The van der Waals surface area contributed by atoms with Crippen molar-refractivity contribution < 1.29 is 14.3 Å². The van der Waals surface area contributed by atoms with E-state index in [1.165, 1.54) is 0 Å². The molecular weight excluding hydrogens is 392 g/mol. The van der Waals surface area contributed by atoms with E-state index in [0.717, 1.165) is 34.9 Å². The highest BCUT2D eigenvalue weighted by molar-refractivity contribution is 5.95. The number of anilines is 1. The van der Waals surface area contributed by atoms with Crippen molar-refractivity contribution in [3.05, 3.63) is 53.0 Å². The fourth-order valence-electron chi connectivity index (χ4n) is 4.24. The Kier molecular flexibility index (Phi) is 6.32. The average molecular weight is 423 g/mol. The van der Waals surface area contributed by atoms with E-state index in [-0.39, 0.29) is 30.4 Å². The quantitative estimate of drug-likeness (QED) is 0.715. The first-order valence-corrected chi connectivity index (χ1v) is 11.0. The Labute approximate surface area is 183 Å². The minimum Gasteiger partial charge on any atom is -0.369 e. The van der Waals surface area contributed by atoms with Gasteiger partial charge in [-0.15, -0.1) is 0 Å². The first-order chi connectivity index (χ1) is 14.9. The van der Waals surface area contributed by atoms with Crippen LogP contribution in [0.15, 0.2) is 30.3 Å². The van der Waals surface area contributed by atoms with Crippen molar-refractivity contribution in [3.8, 4) is 0 Å². The highest BCUT2D eigenvalue weighted by Gasteiger charge is 2.33. The Morgan fingerprint density at radius 1 is 1.19 bits per heavy atom. The average Bonchev–Trinajstić information content (AvgIpc) is 3.25. The zero-order valence-corrected chi connectivity index (χ0v) is 18.5. The number of ether oxygens (including phenoxy) is 1. The number of rotatable bonds is 6. The van der Waals surface area contributed by atoms with Crippen LogP contribution in [0.5, 0.6) is 0 Å². The van der Waals surface area contributed by atoms with Gasteiger partial charge in [-0.05, 0) is 39.2 Å². The van der Waals surface area contributed by atoms with Crippen LogP contribution in [0.3, 0.4) is 0 Å². The summed E-state index contributed by atoms with van der Waals surface area (Å²) in [6.07, 6.45) is 2.00. The summed E-state index contributed by atoms with van der Waals surface area (Å²) in [5, 5.41) is 0. The van der Waals surface area contributed by atoms with Crippen LogP contribution in [0.25, 0.3) is 0 Å². The van der Waals surface area contributed by atoms with Crippen molar-refractivity contribution >= 4 is 17.6 Å². The van der Waals surface area contributed by atoms with Gasteiger partial charge in [0, 0.05) is 36.7 Å². The first-order valence-electron chi connectivity index (χ1n) is 11.0. The number of hydrogen-bond donors (Lipinski definition) is 0. The standard InChI is InChI=1S/C24H30N4O3/c1-16(2)31-15-22(30)27-12-11-19(14-27)23-25-17(3)20-9-10-21(29)28(24(20)26-23)13-18-7-5-4-6-8-18/h4-8,16,19H,9-15H2,1-3H3/t19-/m1/s1. The summed E-state index contributed by atoms with van der Waals surface area (Å²) in [4.78, 5) is 38.5. The summed E-state index contributed by atoms with van der Waals surface area (Å²) in [5.74, 6) is 1.63. The van der Waals surface area contributed by atoms with Crippen LogP contribution in [0.1, 0.15) is 55.3 Å². The van der Waals surface area contributed by atoms with Gasteiger partial charge in [0.1, 0.15) is 18.2 Å². The summed E-state index contributed by atoms with van der Waals surface area (Å²) in [6.45, 7) is 7.72. The van der Waals surface area contributed by atoms with Crippen LogP contribution in [-0.2, 0) is 27.3 Å². The second-order valence-corrected chi connectivity index (χ2v) is 8.62. The Balaban J connectivity index is 1.55. The Hall–Kier alpha value is -2.80. The molecule has 3 heterocycles. The maximum atomic E-state index is 12.8. The minimum atomic E-state index is 0.00626. The number of amides is 2. The number of fused-ring (bicyclic) bond motifs is 1. The molecule has 1 aromatic carbocycles. The maximum Gasteiger partial charge on any atom is 0.248 e. The van der Waals surface area contributed by atoms with Crippen LogP contribution < -0.4 is 4.90 Å². The van der Waals surface area contributed by atoms with Crippen LogP contribution in [0.2, 0.25) is 0 Å². The van der Waals surface area contributed by atoms with E-state index in [1.807, 2.05) is 56.0 Å². The van der Waals surface area contributed by atoms with Gasteiger partial charge in [-0.3, -0.25) is 14.5 Å². The molecule has 31 heavy (non-hydrogen) atoms. The maximum absolute atomic E-state index is 12.8. The van der Waals surface area contributed by atoms with Gasteiger partial charge in [-0.1, -0.05) is 30.3 Å². The third-order valence-corrected chi connectivity index (χ3v) is 5.98. The lowest BCUT2D eigenvalue weighted by atomic mass is 10.0. The van der Waals surface area contributed by atoms with Gasteiger partial charge >= 0.3 is 0 Å². The number of nitrogens with zero attached hydrogens (tertiary/aromatic N) is 4. The van der Waals surface area contributed by atoms with E-state index < -0.39 is 0 Å². The van der Waals surface area contributed by atoms with Crippen molar-refractivity contribution in [3.63, 3.8) is 0 Å². The molecule has 0 N–H and O–H groups in total. The van der Waals surface area contributed by atoms with Gasteiger partial charge in [0.25, 0.3) is 0 Å². The third kappa shape index (κ3) is 4.77. The fourth-order valence-corrected chi connectivity index (χ4v) is 4.24. The number of carbonyl (C=O) groups excluding carboxylic acids is 2. The van der Waals surface area contributed by atoms with Gasteiger partial charge in [-0.25, -0.2) is 9.97 Å². The van der Waals surface area contributed by atoms with E-state index >= 15 is 0 Å². The molecule has 4 rings (SSSR count). The summed E-state index contributed by atoms with van der Waals surface area (Å²) >= 11 is 0. The summed E-state index contributed by atoms with van der Waals surface area (Å²) < 4.78 is 5.47. The molecule has 0 radical (unpaired) electrons. The van der Waals surface area contributed by atoms with Crippen LogP contribution >= 0.6 is 0 Å². The molecule has 0 aliphatic carbocycles. The predicted octanol–water partition coefficient (Wildman–Crippen LogP) is 3.01. The summed E-state index contributed by atoms with van der Waals surface area (Å²) in [5.41, 5.74) is 3.05. The zero-order valence-electron chi connectivity index (χ0n) is 18.5. The van der Waals surface area contributed by atoms with Crippen LogP contribution in [0.4, 0.5) is 5.82 Å². The van der Waals surface area contributed by atoms with Crippen molar-refractivity contribution in [1.29, 1.82) is 0 Å². The van der Waals surface area contributed by atoms with Gasteiger partial charge < -0.3 is 9.64 Å². The fraction of sp³-hybridized carbons (Fsp3) is 0.500. The van der Waals surface area contributed by atoms with E-state index in [4.69, 9.17) is 14.7 Å². The highest BCUT2D eigenvalue weighted by atomic mass is 16.5. The molecule has 2 aliphatic heterocycles. The number of aryl methyl sites for hydroxylation is 1. The molecule has 0 bridgehead atoms.